The molecule has 20 heavy (non-hydrogen) atoms. The molecular weight excluding hydrogens is 244 g/mol. The number of benzene rings is 2. The SMILES string of the molecule is CC(=O)CC[C@@H](/C=C/c1ccccc1)c1ccccc1. The second-order valence-corrected chi connectivity index (χ2v) is 5.03. The molecule has 0 heterocycles. The highest BCUT2D eigenvalue weighted by molar-refractivity contribution is 5.75. The smallest absolute Gasteiger partial charge is 0.129 e. The van der Waals surface area contributed by atoms with Gasteiger partial charge in [0.25, 0.3) is 0 Å². The monoisotopic (exact) mass is 264 g/mol. The zero-order valence-electron chi connectivity index (χ0n) is 11.8. The van der Waals surface area contributed by atoms with E-state index in [1.54, 1.807) is 6.92 Å². The van der Waals surface area contributed by atoms with Crippen LogP contribution in [0.3, 0.4) is 0 Å². The predicted molar refractivity (Wildman–Crippen MR) is 84.6 cm³/mol. The van der Waals surface area contributed by atoms with Gasteiger partial charge < -0.3 is 4.79 Å². The molecule has 1 heteroatoms. The van der Waals surface area contributed by atoms with Crippen molar-refractivity contribution in [3.8, 4) is 0 Å². The lowest BCUT2D eigenvalue weighted by Gasteiger charge is -2.12. The van der Waals surface area contributed by atoms with Crippen LogP contribution in [0, 0.1) is 0 Å². The second-order valence-electron chi connectivity index (χ2n) is 5.03. The molecule has 0 radical (unpaired) electrons. The quantitative estimate of drug-likeness (QED) is 0.728. The van der Waals surface area contributed by atoms with Gasteiger partial charge in [-0.1, -0.05) is 72.8 Å². The average Bonchev–Trinajstić information content (AvgIpc) is 2.49. The molecule has 0 saturated heterocycles. The maximum atomic E-state index is 11.2. The summed E-state index contributed by atoms with van der Waals surface area (Å²) >= 11 is 0. The molecule has 2 aromatic rings. The van der Waals surface area contributed by atoms with Gasteiger partial charge in [0.15, 0.2) is 0 Å². The Morgan fingerprint density at radius 1 is 1.00 bits per heavy atom. The van der Waals surface area contributed by atoms with Gasteiger partial charge >= 0.3 is 0 Å². The van der Waals surface area contributed by atoms with Crippen LogP contribution in [0.4, 0.5) is 0 Å². The molecule has 0 aliphatic heterocycles. The summed E-state index contributed by atoms with van der Waals surface area (Å²) < 4.78 is 0. The fraction of sp³-hybridized carbons (Fsp3) is 0.211. The van der Waals surface area contributed by atoms with Gasteiger partial charge in [0.2, 0.25) is 0 Å². The third-order valence-corrected chi connectivity index (χ3v) is 3.36. The lowest BCUT2D eigenvalue weighted by molar-refractivity contribution is -0.117. The topological polar surface area (TPSA) is 17.1 Å². The van der Waals surface area contributed by atoms with Crippen LogP contribution in [0.2, 0.25) is 0 Å². The van der Waals surface area contributed by atoms with Gasteiger partial charge in [-0.3, -0.25) is 0 Å². The van der Waals surface area contributed by atoms with E-state index in [2.05, 4.69) is 36.4 Å². The average molecular weight is 264 g/mol. The Morgan fingerprint density at radius 2 is 1.60 bits per heavy atom. The highest BCUT2D eigenvalue weighted by Gasteiger charge is 2.08. The van der Waals surface area contributed by atoms with Crippen molar-refractivity contribution in [2.24, 2.45) is 0 Å². The normalized spacial score (nSPS) is 12.4. The molecule has 0 amide bonds. The van der Waals surface area contributed by atoms with Crippen molar-refractivity contribution in [3.63, 3.8) is 0 Å². The lowest BCUT2D eigenvalue weighted by atomic mass is 9.92. The van der Waals surface area contributed by atoms with E-state index in [4.69, 9.17) is 0 Å². The first-order valence-corrected chi connectivity index (χ1v) is 7.03. The van der Waals surface area contributed by atoms with Crippen LogP contribution < -0.4 is 0 Å². The van der Waals surface area contributed by atoms with E-state index in [0.29, 0.717) is 12.3 Å². The largest absolute Gasteiger partial charge is 0.300 e. The van der Waals surface area contributed by atoms with Gasteiger partial charge in [-0.15, -0.1) is 0 Å². The summed E-state index contributed by atoms with van der Waals surface area (Å²) in [5, 5.41) is 0. The van der Waals surface area contributed by atoms with Gasteiger partial charge in [0, 0.05) is 12.3 Å². The first-order valence-electron chi connectivity index (χ1n) is 7.03. The first-order chi connectivity index (χ1) is 9.75. The van der Waals surface area contributed by atoms with Crippen LogP contribution >= 0.6 is 0 Å². The minimum absolute atomic E-state index is 0.249. The molecule has 102 valence electrons. The van der Waals surface area contributed by atoms with Crippen molar-refractivity contribution in [2.75, 3.05) is 0 Å². The minimum atomic E-state index is 0.249. The van der Waals surface area contributed by atoms with Gasteiger partial charge in [-0.05, 0) is 24.5 Å². The fourth-order valence-corrected chi connectivity index (χ4v) is 2.22. The third kappa shape index (κ3) is 4.51. The molecule has 0 aliphatic carbocycles. The molecule has 1 nitrogen and oxygen atoms in total. The van der Waals surface area contributed by atoms with Crippen LogP contribution in [0.25, 0.3) is 6.08 Å². The Hall–Kier alpha value is -2.15. The molecule has 0 N–H and O–H groups in total. The highest BCUT2D eigenvalue weighted by Crippen LogP contribution is 2.24. The van der Waals surface area contributed by atoms with Crippen molar-refractivity contribution >= 4 is 11.9 Å². The van der Waals surface area contributed by atoms with E-state index >= 15 is 0 Å². The van der Waals surface area contributed by atoms with E-state index in [-0.39, 0.29) is 5.78 Å². The van der Waals surface area contributed by atoms with Crippen LogP contribution in [-0.2, 0) is 4.79 Å². The van der Waals surface area contributed by atoms with Crippen LogP contribution in [-0.4, -0.2) is 5.78 Å². The van der Waals surface area contributed by atoms with Crippen LogP contribution in [0.1, 0.15) is 36.8 Å². The standard InChI is InChI=1S/C19H20O/c1-16(20)12-14-19(18-10-6-3-7-11-18)15-13-17-8-4-2-5-9-17/h2-11,13,15,19H,12,14H2,1H3/b15-13+/t19-/m0/s1. The van der Waals surface area contributed by atoms with Crippen LogP contribution in [0.15, 0.2) is 66.7 Å². The Balaban J connectivity index is 2.14. The van der Waals surface area contributed by atoms with Gasteiger partial charge in [0.05, 0.1) is 0 Å². The molecule has 1 atom stereocenters. The number of hydrogen-bond acceptors (Lipinski definition) is 1. The summed E-state index contributed by atoms with van der Waals surface area (Å²) in [5.41, 5.74) is 2.46. The van der Waals surface area contributed by atoms with Crippen molar-refractivity contribution in [1.29, 1.82) is 0 Å². The molecule has 0 fully saturated rings. The number of carbonyl (C=O) groups is 1. The number of allylic oxidation sites excluding steroid dienone is 1. The Morgan fingerprint density at radius 3 is 2.20 bits per heavy atom. The number of Topliss-reactive ketones (excluding diaryl/α,β-unsaturated/α-hetero) is 1. The summed E-state index contributed by atoms with van der Waals surface area (Å²) in [7, 11) is 0. The van der Waals surface area contributed by atoms with E-state index in [1.165, 1.54) is 11.1 Å². The van der Waals surface area contributed by atoms with E-state index in [1.807, 2.05) is 36.4 Å². The number of rotatable bonds is 6. The predicted octanol–water partition coefficient (Wildman–Crippen LogP) is 4.85. The lowest BCUT2D eigenvalue weighted by Crippen LogP contribution is -1.99. The van der Waals surface area contributed by atoms with E-state index in [9.17, 15) is 4.79 Å². The van der Waals surface area contributed by atoms with Crippen molar-refractivity contribution in [1.82, 2.24) is 0 Å². The van der Waals surface area contributed by atoms with Gasteiger partial charge in [0.1, 0.15) is 5.78 Å². The molecule has 0 aliphatic rings. The summed E-state index contributed by atoms with van der Waals surface area (Å²) in [5.74, 6) is 0.541. The third-order valence-electron chi connectivity index (χ3n) is 3.36. The summed E-state index contributed by atoms with van der Waals surface area (Å²) in [4.78, 5) is 11.2. The zero-order chi connectivity index (χ0) is 14.2. The summed E-state index contributed by atoms with van der Waals surface area (Å²) in [6.07, 6.45) is 5.83. The first kappa shape index (κ1) is 14.3. The fourth-order valence-electron chi connectivity index (χ4n) is 2.22. The van der Waals surface area contributed by atoms with Crippen molar-refractivity contribution < 1.29 is 4.79 Å². The van der Waals surface area contributed by atoms with Crippen molar-refractivity contribution in [2.45, 2.75) is 25.7 Å². The molecule has 0 bridgehead atoms. The van der Waals surface area contributed by atoms with E-state index < -0.39 is 0 Å². The van der Waals surface area contributed by atoms with Crippen molar-refractivity contribution in [3.05, 3.63) is 77.9 Å². The van der Waals surface area contributed by atoms with Gasteiger partial charge in [-0.2, -0.15) is 0 Å². The zero-order valence-corrected chi connectivity index (χ0v) is 11.8. The Kier molecular flexibility index (Phi) is 5.31. The molecule has 2 aromatic carbocycles. The number of hydrogen-bond donors (Lipinski definition) is 0. The number of ketones is 1. The molecule has 0 spiro atoms. The van der Waals surface area contributed by atoms with E-state index in [0.717, 1.165) is 6.42 Å². The van der Waals surface area contributed by atoms with Gasteiger partial charge in [-0.25, -0.2) is 0 Å². The molecule has 0 aromatic heterocycles. The highest BCUT2D eigenvalue weighted by atomic mass is 16.1. The molecule has 2 rings (SSSR count). The molecular formula is C19H20O. The van der Waals surface area contributed by atoms with Crippen LogP contribution in [0.5, 0.6) is 0 Å². The summed E-state index contributed by atoms with van der Waals surface area (Å²) in [6.45, 7) is 1.66. The maximum Gasteiger partial charge on any atom is 0.129 e. The summed E-state index contributed by atoms with van der Waals surface area (Å²) in [6, 6.07) is 20.6. The Labute approximate surface area is 121 Å². The molecule has 0 saturated carbocycles. The molecule has 0 unspecified atom stereocenters. The Bertz CT molecular complexity index is 555. The minimum Gasteiger partial charge on any atom is -0.300 e. The maximum absolute atomic E-state index is 11.2. The second kappa shape index (κ2) is 7.44. The number of carbonyl (C=O) groups excluding carboxylic acids is 1.